The maximum Gasteiger partial charge on any atom is 0.407 e. The van der Waals surface area contributed by atoms with Crippen LogP contribution in [0, 0.1) is 0 Å². The van der Waals surface area contributed by atoms with Gasteiger partial charge in [0.05, 0.1) is 25.5 Å². The summed E-state index contributed by atoms with van der Waals surface area (Å²) in [5, 5.41) is 16.0. The molecule has 160 valence electrons. The van der Waals surface area contributed by atoms with Crippen molar-refractivity contribution in [2.45, 2.75) is 25.4 Å². The third-order valence-corrected chi connectivity index (χ3v) is 5.22. The lowest BCUT2D eigenvalue weighted by atomic mass is 9.98. The number of fused-ring (bicyclic) bond motifs is 3. The van der Waals surface area contributed by atoms with Crippen molar-refractivity contribution in [1.82, 2.24) is 15.1 Å². The molecule has 4 rings (SSSR count). The van der Waals surface area contributed by atoms with Crippen molar-refractivity contribution in [2.75, 3.05) is 13.2 Å². The summed E-state index contributed by atoms with van der Waals surface area (Å²) in [5.41, 5.74) is 4.43. The monoisotopic (exact) mass is 421 g/mol. The van der Waals surface area contributed by atoms with Gasteiger partial charge in [0, 0.05) is 5.92 Å². The Balaban J connectivity index is 1.40. The van der Waals surface area contributed by atoms with E-state index in [1.54, 1.807) is 6.20 Å². The van der Waals surface area contributed by atoms with Gasteiger partial charge in [0.1, 0.15) is 12.6 Å². The summed E-state index contributed by atoms with van der Waals surface area (Å²) < 4.78 is 12.2. The van der Waals surface area contributed by atoms with Gasteiger partial charge in [-0.2, -0.15) is 5.10 Å². The first kappa shape index (κ1) is 20.5. The molecule has 0 bridgehead atoms. The molecule has 1 aliphatic carbocycles. The molecule has 0 saturated heterocycles. The smallest absolute Gasteiger partial charge is 0.407 e. The second kappa shape index (κ2) is 8.91. The van der Waals surface area contributed by atoms with Crippen molar-refractivity contribution in [2.24, 2.45) is 0 Å². The number of carbonyl (C=O) groups excluding carboxylic acids is 1. The number of benzene rings is 2. The molecule has 2 N–H and O–H groups in total. The summed E-state index contributed by atoms with van der Waals surface area (Å²) in [7, 11) is 0. The molecular weight excluding hydrogens is 398 g/mol. The van der Waals surface area contributed by atoms with Crippen molar-refractivity contribution in [3.63, 3.8) is 0 Å². The number of nitrogens with one attached hydrogen (secondary N) is 1. The van der Waals surface area contributed by atoms with Crippen LogP contribution in [0.3, 0.4) is 0 Å². The first-order valence-corrected chi connectivity index (χ1v) is 10.1. The Hall–Kier alpha value is -3.81. The van der Waals surface area contributed by atoms with E-state index >= 15 is 0 Å². The van der Waals surface area contributed by atoms with E-state index < -0.39 is 18.1 Å². The van der Waals surface area contributed by atoms with Gasteiger partial charge in [-0.1, -0.05) is 48.5 Å². The van der Waals surface area contributed by atoms with Crippen molar-refractivity contribution in [3.8, 4) is 16.9 Å². The summed E-state index contributed by atoms with van der Waals surface area (Å²) in [4.78, 5) is 24.0. The van der Waals surface area contributed by atoms with Gasteiger partial charge in [0.2, 0.25) is 0 Å². The lowest BCUT2D eigenvalue weighted by Crippen LogP contribution is -2.44. The summed E-state index contributed by atoms with van der Waals surface area (Å²) in [6, 6.07) is 14.8. The number of aromatic nitrogens is 2. The third kappa shape index (κ3) is 4.37. The predicted molar refractivity (Wildman–Crippen MR) is 113 cm³/mol. The van der Waals surface area contributed by atoms with Gasteiger partial charge in [-0.25, -0.2) is 9.59 Å². The Morgan fingerprint density at radius 2 is 1.77 bits per heavy atom. The maximum atomic E-state index is 12.4. The molecule has 1 heterocycles. The Bertz CT molecular complexity index is 1050. The minimum Gasteiger partial charge on any atom is -0.491 e. The van der Waals surface area contributed by atoms with Crippen LogP contribution >= 0.6 is 0 Å². The third-order valence-electron chi connectivity index (χ3n) is 5.22. The van der Waals surface area contributed by atoms with Crippen LogP contribution in [-0.2, 0) is 16.1 Å². The minimum atomic E-state index is -1.19. The van der Waals surface area contributed by atoms with E-state index in [4.69, 9.17) is 9.47 Å². The summed E-state index contributed by atoms with van der Waals surface area (Å²) >= 11 is 0. The lowest BCUT2D eigenvalue weighted by Gasteiger charge is -2.17. The van der Waals surface area contributed by atoms with Crippen molar-refractivity contribution in [3.05, 3.63) is 72.1 Å². The molecule has 1 aromatic heterocycles. The Morgan fingerprint density at radius 3 is 2.39 bits per heavy atom. The van der Waals surface area contributed by atoms with Crippen LogP contribution in [0.15, 0.2) is 60.9 Å². The number of carboxylic acids is 1. The van der Waals surface area contributed by atoms with Crippen LogP contribution in [-0.4, -0.2) is 46.2 Å². The van der Waals surface area contributed by atoms with E-state index in [9.17, 15) is 14.7 Å². The number of amides is 1. The number of rotatable bonds is 8. The molecule has 8 heteroatoms. The van der Waals surface area contributed by atoms with Gasteiger partial charge in [-0.15, -0.1) is 0 Å². The van der Waals surface area contributed by atoms with E-state index in [1.165, 1.54) is 10.9 Å². The normalized spacial score (nSPS) is 13.2. The van der Waals surface area contributed by atoms with Crippen LogP contribution in [0.2, 0.25) is 0 Å². The average molecular weight is 421 g/mol. The molecule has 1 unspecified atom stereocenters. The van der Waals surface area contributed by atoms with Crippen molar-refractivity contribution < 1.29 is 24.2 Å². The van der Waals surface area contributed by atoms with Crippen molar-refractivity contribution in [1.29, 1.82) is 0 Å². The fourth-order valence-corrected chi connectivity index (χ4v) is 3.84. The standard InChI is InChI=1S/C23H23N3O5/c1-2-30-15-11-24-26(12-15)13-21(22(27)28)25-23(29)31-14-20-18-9-5-3-7-16(18)17-8-4-6-10-19(17)20/h3-12,20-21H,2,13-14H2,1H3,(H,25,29)(H,27,28). The van der Waals surface area contributed by atoms with Crippen molar-refractivity contribution >= 4 is 12.1 Å². The number of hydrogen-bond acceptors (Lipinski definition) is 5. The summed E-state index contributed by atoms with van der Waals surface area (Å²) in [5.74, 6) is -0.740. The highest BCUT2D eigenvalue weighted by Crippen LogP contribution is 2.44. The highest BCUT2D eigenvalue weighted by molar-refractivity contribution is 5.81. The second-order valence-corrected chi connectivity index (χ2v) is 7.19. The summed E-state index contributed by atoms with van der Waals surface area (Å²) in [6.07, 6.45) is 2.29. The fraction of sp³-hybridized carbons (Fsp3) is 0.261. The molecule has 0 radical (unpaired) electrons. The zero-order valence-corrected chi connectivity index (χ0v) is 17.0. The largest absolute Gasteiger partial charge is 0.491 e. The van der Waals surface area contributed by atoms with Gasteiger partial charge >= 0.3 is 12.1 Å². The maximum absolute atomic E-state index is 12.4. The van der Waals surface area contributed by atoms with Gasteiger partial charge in [-0.3, -0.25) is 4.68 Å². The highest BCUT2D eigenvalue weighted by Gasteiger charge is 2.29. The van der Waals surface area contributed by atoms with Gasteiger partial charge in [0.15, 0.2) is 5.75 Å². The number of ether oxygens (including phenoxy) is 2. The molecule has 8 nitrogen and oxygen atoms in total. The molecular formula is C23H23N3O5. The number of carboxylic acid groups (broad SMARTS) is 1. The quantitative estimate of drug-likeness (QED) is 0.579. The molecule has 1 aliphatic rings. The molecule has 0 aliphatic heterocycles. The first-order chi connectivity index (χ1) is 15.1. The minimum absolute atomic E-state index is 0.0490. The topological polar surface area (TPSA) is 103 Å². The van der Waals surface area contributed by atoms with E-state index in [0.29, 0.717) is 12.4 Å². The Labute approximate surface area is 179 Å². The van der Waals surface area contributed by atoms with E-state index in [-0.39, 0.29) is 19.1 Å². The number of aliphatic carboxylic acids is 1. The SMILES string of the molecule is CCOc1cnn(CC(NC(=O)OCC2c3ccccc3-c3ccccc32)C(=O)O)c1. The van der Waals surface area contributed by atoms with Gasteiger partial charge in [0.25, 0.3) is 0 Å². The molecule has 1 amide bonds. The molecule has 0 saturated carbocycles. The van der Waals surface area contributed by atoms with Crippen LogP contribution in [0.1, 0.15) is 24.0 Å². The zero-order chi connectivity index (χ0) is 21.8. The fourth-order valence-electron chi connectivity index (χ4n) is 3.84. The van der Waals surface area contributed by atoms with Crippen LogP contribution in [0.25, 0.3) is 11.1 Å². The molecule has 2 aromatic carbocycles. The number of alkyl carbamates (subject to hydrolysis) is 1. The van der Waals surface area contributed by atoms with Crippen LogP contribution in [0.4, 0.5) is 4.79 Å². The highest BCUT2D eigenvalue weighted by atomic mass is 16.5. The second-order valence-electron chi connectivity index (χ2n) is 7.19. The van der Waals surface area contributed by atoms with Crippen LogP contribution in [0.5, 0.6) is 5.75 Å². The summed E-state index contributed by atoms with van der Waals surface area (Å²) in [6.45, 7) is 2.39. The van der Waals surface area contributed by atoms with E-state index in [1.807, 2.05) is 43.3 Å². The number of nitrogens with zero attached hydrogens (tertiary/aromatic N) is 2. The molecule has 0 fully saturated rings. The molecule has 3 aromatic rings. The predicted octanol–water partition coefficient (Wildman–Crippen LogP) is 3.27. The average Bonchev–Trinajstić information content (AvgIpc) is 3.34. The number of hydrogen-bond donors (Lipinski definition) is 2. The van der Waals surface area contributed by atoms with E-state index in [0.717, 1.165) is 22.3 Å². The zero-order valence-electron chi connectivity index (χ0n) is 17.0. The molecule has 1 atom stereocenters. The number of carbonyl (C=O) groups is 2. The van der Waals surface area contributed by atoms with E-state index in [2.05, 4.69) is 22.5 Å². The Morgan fingerprint density at radius 1 is 1.13 bits per heavy atom. The van der Waals surface area contributed by atoms with Gasteiger partial charge < -0.3 is 19.9 Å². The molecule has 31 heavy (non-hydrogen) atoms. The lowest BCUT2D eigenvalue weighted by molar-refractivity contribution is -0.139. The Kier molecular flexibility index (Phi) is 5.88. The van der Waals surface area contributed by atoms with Crippen LogP contribution < -0.4 is 10.1 Å². The molecule has 0 spiro atoms. The first-order valence-electron chi connectivity index (χ1n) is 10.1. The van der Waals surface area contributed by atoms with Gasteiger partial charge in [-0.05, 0) is 29.2 Å².